The molecule has 6 nitrogen and oxygen atoms in total. The normalized spacial score (nSPS) is 11.4. The number of benzene rings is 3. The van der Waals surface area contributed by atoms with Gasteiger partial charge in [-0.3, -0.25) is 13.9 Å². The molecule has 0 spiro atoms. The van der Waals surface area contributed by atoms with Crippen molar-refractivity contribution in [2.24, 2.45) is 0 Å². The molecule has 0 aliphatic heterocycles. The molecule has 1 N–H and O–H groups in total. The number of para-hydroxylation sites is 4. The monoisotopic (exact) mass is 499 g/mol. The molecule has 3 heterocycles. The number of fused-ring (bicyclic) bond motifs is 2. The summed E-state index contributed by atoms with van der Waals surface area (Å²) in [6.45, 7) is 0. The van der Waals surface area contributed by atoms with E-state index in [4.69, 9.17) is 17.2 Å². The topological polar surface area (TPSA) is 68.5 Å². The van der Waals surface area contributed by atoms with Gasteiger partial charge in [0.15, 0.2) is 14.8 Å². The van der Waals surface area contributed by atoms with E-state index in [-0.39, 0.29) is 5.56 Å². The molecule has 0 unspecified atom stereocenters. The maximum atomic E-state index is 13.7. The van der Waals surface area contributed by atoms with Crippen molar-refractivity contribution < 1.29 is 0 Å². The number of rotatable bonds is 5. The van der Waals surface area contributed by atoms with Crippen molar-refractivity contribution in [3.8, 4) is 11.4 Å². The molecule has 3 aromatic carbocycles. The summed E-state index contributed by atoms with van der Waals surface area (Å²) in [4.78, 5) is 26.7. The minimum absolute atomic E-state index is 0.130. The Kier molecular flexibility index (Phi) is 5.37. The highest BCUT2D eigenvalue weighted by Crippen LogP contribution is 2.28. The molecule has 0 saturated heterocycles. The van der Waals surface area contributed by atoms with Gasteiger partial charge in [0.05, 0.1) is 22.5 Å². The second-order valence-electron chi connectivity index (χ2n) is 7.55. The average molecular weight is 500 g/mol. The van der Waals surface area contributed by atoms with Gasteiger partial charge in [0, 0.05) is 5.69 Å². The number of aromatic amines is 1. The Morgan fingerprint density at radius 2 is 1.50 bits per heavy atom. The van der Waals surface area contributed by atoms with Crippen molar-refractivity contribution >= 4 is 56.7 Å². The SMILES string of the molecule is O=c1c2sc(=S)n(-c3ccccc3)c2nc(SCc2nc3ccccc3[nH]2)n1-c1ccccc1. The van der Waals surface area contributed by atoms with Gasteiger partial charge >= 0.3 is 0 Å². The summed E-state index contributed by atoms with van der Waals surface area (Å²) in [6.07, 6.45) is 0. The lowest BCUT2D eigenvalue weighted by Crippen LogP contribution is -2.21. The summed E-state index contributed by atoms with van der Waals surface area (Å²) >= 11 is 8.40. The number of aromatic nitrogens is 5. The number of nitrogens with zero attached hydrogens (tertiary/aromatic N) is 4. The number of hydrogen-bond acceptors (Lipinski definition) is 6. The molecule has 3 aromatic heterocycles. The molecule has 9 heteroatoms. The largest absolute Gasteiger partial charge is 0.341 e. The molecule has 166 valence electrons. The van der Waals surface area contributed by atoms with Crippen LogP contribution in [0.3, 0.4) is 0 Å². The van der Waals surface area contributed by atoms with Gasteiger partial charge < -0.3 is 4.98 Å². The Balaban J connectivity index is 1.53. The second-order valence-corrected chi connectivity index (χ2v) is 10.1. The van der Waals surface area contributed by atoms with Crippen LogP contribution in [0.25, 0.3) is 32.8 Å². The van der Waals surface area contributed by atoms with E-state index in [1.54, 1.807) is 4.57 Å². The smallest absolute Gasteiger partial charge is 0.278 e. The van der Waals surface area contributed by atoms with Gasteiger partial charge in [-0.1, -0.05) is 71.6 Å². The highest BCUT2D eigenvalue weighted by Gasteiger charge is 2.19. The molecule has 0 radical (unpaired) electrons. The predicted molar refractivity (Wildman–Crippen MR) is 141 cm³/mol. The number of nitrogens with one attached hydrogen (secondary N) is 1. The molecule has 0 fully saturated rings. The predicted octanol–water partition coefficient (Wildman–Crippen LogP) is 6.14. The zero-order valence-electron chi connectivity index (χ0n) is 17.7. The fourth-order valence-electron chi connectivity index (χ4n) is 3.85. The fourth-order valence-corrected chi connectivity index (χ4v) is 6.03. The minimum atomic E-state index is -0.130. The van der Waals surface area contributed by atoms with Crippen LogP contribution in [0.5, 0.6) is 0 Å². The standard InChI is InChI=1S/C25H17N5OS3/c31-23-21-22(29(25(32)34-21)16-9-3-1-4-10-16)28-24(30(23)17-11-5-2-6-12-17)33-15-20-26-18-13-7-8-14-19(18)27-20/h1-14H,15H2,(H,26,27). The fraction of sp³-hybridized carbons (Fsp3) is 0.0400. The molecule has 6 aromatic rings. The number of thiazole rings is 1. The lowest BCUT2D eigenvalue weighted by molar-refractivity contribution is 0.811. The van der Waals surface area contributed by atoms with E-state index >= 15 is 0 Å². The van der Waals surface area contributed by atoms with E-state index in [0.29, 0.717) is 25.2 Å². The van der Waals surface area contributed by atoms with Crippen molar-refractivity contribution in [2.45, 2.75) is 10.9 Å². The van der Waals surface area contributed by atoms with Gasteiger partial charge in [0.2, 0.25) is 0 Å². The van der Waals surface area contributed by atoms with Gasteiger partial charge in [0.1, 0.15) is 10.5 Å². The Labute approximate surface area is 207 Å². The Morgan fingerprint density at radius 1 is 0.853 bits per heavy atom. The van der Waals surface area contributed by atoms with Crippen LogP contribution in [0.1, 0.15) is 5.82 Å². The molecule has 34 heavy (non-hydrogen) atoms. The maximum absolute atomic E-state index is 13.7. The van der Waals surface area contributed by atoms with Crippen molar-refractivity contribution in [1.29, 1.82) is 0 Å². The molecule has 0 saturated carbocycles. The summed E-state index contributed by atoms with van der Waals surface area (Å²) in [5.74, 6) is 1.36. The van der Waals surface area contributed by atoms with Crippen LogP contribution >= 0.6 is 35.3 Å². The van der Waals surface area contributed by atoms with Crippen molar-refractivity contribution in [1.82, 2.24) is 24.1 Å². The lowest BCUT2D eigenvalue weighted by Gasteiger charge is -2.12. The van der Waals surface area contributed by atoms with E-state index in [1.165, 1.54) is 23.1 Å². The number of thioether (sulfide) groups is 1. The molecule has 0 bridgehead atoms. The lowest BCUT2D eigenvalue weighted by atomic mass is 10.3. The Bertz CT molecular complexity index is 1720. The summed E-state index contributed by atoms with van der Waals surface area (Å²) < 4.78 is 4.66. The first-order chi connectivity index (χ1) is 16.7. The van der Waals surface area contributed by atoms with E-state index in [9.17, 15) is 4.79 Å². The van der Waals surface area contributed by atoms with E-state index in [1.807, 2.05) is 89.5 Å². The summed E-state index contributed by atoms with van der Waals surface area (Å²) in [5.41, 5.74) is 3.99. The number of hydrogen-bond donors (Lipinski definition) is 1. The minimum Gasteiger partial charge on any atom is -0.341 e. The van der Waals surface area contributed by atoms with Crippen LogP contribution in [0.15, 0.2) is 94.9 Å². The molecular weight excluding hydrogens is 483 g/mol. The maximum Gasteiger partial charge on any atom is 0.278 e. The van der Waals surface area contributed by atoms with Crippen LogP contribution in [-0.4, -0.2) is 24.1 Å². The van der Waals surface area contributed by atoms with Crippen LogP contribution in [-0.2, 0) is 5.75 Å². The highest BCUT2D eigenvalue weighted by atomic mass is 32.2. The number of imidazole rings is 1. The highest BCUT2D eigenvalue weighted by molar-refractivity contribution is 7.98. The van der Waals surface area contributed by atoms with Gasteiger partial charge in [-0.25, -0.2) is 9.97 Å². The molecule has 0 amide bonds. The van der Waals surface area contributed by atoms with E-state index in [2.05, 4.69) is 9.97 Å². The summed E-state index contributed by atoms with van der Waals surface area (Å²) in [5, 5.41) is 0.585. The number of H-pyrrole nitrogens is 1. The third-order valence-electron chi connectivity index (χ3n) is 5.38. The van der Waals surface area contributed by atoms with Crippen LogP contribution in [0, 0.1) is 3.95 Å². The summed E-state index contributed by atoms with van der Waals surface area (Å²) in [7, 11) is 0. The first-order valence-corrected chi connectivity index (χ1v) is 12.8. The van der Waals surface area contributed by atoms with Gasteiger partial charge in [0.25, 0.3) is 5.56 Å². The molecule has 0 aliphatic carbocycles. The third-order valence-corrected chi connectivity index (χ3v) is 7.68. The van der Waals surface area contributed by atoms with Gasteiger partial charge in [-0.2, -0.15) is 0 Å². The van der Waals surface area contributed by atoms with Gasteiger partial charge in [-0.15, -0.1) is 0 Å². The second kappa shape index (κ2) is 8.68. The van der Waals surface area contributed by atoms with E-state index in [0.717, 1.165) is 28.2 Å². The first-order valence-electron chi connectivity index (χ1n) is 10.5. The first kappa shape index (κ1) is 21.0. The zero-order valence-corrected chi connectivity index (χ0v) is 20.2. The van der Waals surface area contributed by atoms with Gasteiger partial charge in [-0.05, 0) is 48.6 Å². The van der Waals surface area contributed by atoms with Crippen LogP contribution in [0.2, 0.25) is 0 Å². The zero-order chi connectivity index (χ0) is 23.1. The summed E-state index contributed by atoms with van der Waals surface area (Å²) in [6, 6.07) is 27.3. The van der Waals surface area contributed by atoms with Crippen molar-refractivity contribution in [3.63, 3.8) is 0 Å². The average Bonchev–Trinajstić information content (AvgIpc) is 3.44. The molecular formula is C25H17N5OS3. The molecule has 0 atom stereocenters. The van der Waals surface area contributed by atoms with Crippen LogP contribution < -0.4 is 5.56 Å². The van der Waals surface area contributed by atoms with Crippen molar-refractivity contribution in [3.05, 3.63) is 105 Å². The van der Waals surface area contributed by atoms with E-state index < -0.39 is 0 Å². The Hall–Kier alpha value is -3.53. The Morgan fingerprint density at radius 3 is 2.21 bits per heavy atom. The molecule has 6 rings (SSSR count). The van der Waals surface area contributed by atoms with Crippen LogP contribution in [0.4, 0.5) is 0 Å². The van der Waals surface area contributed by atoms with Crippen molar-refractivity contribution in [2.75, 3.05) is 0 Å². The molecule has 0 aliphatic rings. The quantitative estimate of drug-likeness (QED) is 0.175. The third kappa shape index (κ3) is 3.67.